The van der Waals surface area contributed by atoms with Crippen molar-refractivity contribution in [1.29, 1.82) is 0 Å². The maximum absolute atomic E-state index is 11.6. The Morgan fingerprint density at radius 1 is 1.50 bits per heavy atom. The first kappa shape index (κ1) is 10.4. The van der Waals surface area contributed by atoms with E-state index in [1.54, 1.807) is 12.1 Å². The van der Waals surface area contributed by atoms with Crippen molar-refractivity contribution in [2.45, 2.75) is 13.3 Å². The Morgan fingerprint density at radius 2 is 2.25 bits per heavy atom. The van der Waals surface area contributed by atoms with E-state index in [2.05, 4.69) is 9.97 Å². The highest BCUT2D eigenvalue weighted by Gasteiger charge is 2.06. The molecule has 0 amide bonds. The number of rotatable bonds is 2. The van der Waals surface area contributed by atoms with Gasteiger partial charge in [-0.15, -0.1) is 0 Å². The van der Waals surface area contributed by atoms with Crippen LogP contribution in [0.2, 0.25) is 0 Å². The molecule has 0 fully saturated rings. The van der Waals surface area contributed by atoms with Crippen molar-refractivity contribution in [3.05, 3.63) is 39.9 Å². The number of aromatic amines is 1. The van der Waals surface area contributed by atoms with Crippen LogP contribution in [0.5, 0.6) is 0 Å². The average Bonchev–Trinajstić information content (AvgIpc) is 2.18. The monoisotopic (exact) mass is 218 g/mol. The van der Waals surface area contributed by atoms with Gasteiger partial charge in [-0.25, -0.2) is 4.98 Å². The second kappa shape index (κ2) is 3.77. The van der Waals surface area contributed by atoms with Gasteiger partial charge in [0.25, 0.3) is 5.56 Å². The zero-order chi connectivity index (χ0) is 11.7. The smallest absolute Gasteiger partial charge is 0.311 e. The maximum Gasteiger partial charge on any atom is 0.311 e. The van der Waals surface area contributed by atoms with Gasteiger partial charge in [0.2, 0.25) is 0 Å². The Morgan fingerprint density at radius 3 is 2.94 bits per heavy atom. The lowest BCUT2D eigenvalue weighted by Gasteiger charge is -2.01. The van der Waals surface area contributed by atoms with Crippen LogP contribution >= 0.6 is 0 Å². The number of fused-ring (bicyclic) bond motifs is 1. The third-order valence-corrected chi connectivity index (χ3v) is 2.23. The van der Waals surface area contributed by atoms with Crippen LogP contribution < -0.4 is 5.56 Å². The molecule has 5 heteroatoms. The number of aryl methyl sites for hydroxylation is 1. The Bertz CT molecular complexity index is 616. The summed E-state index contributed by atoms with van der Waals surface area (Å²) < 4.78 is 0. The molecular weight excluding hydrogens is 208 g/mol. The van der Waals surface area contributed by atoms with E-state index in [-0.39, 0.29) is 17.8 Å². The number of carboxylic acid groups (broad SMARTS) is 1. The number of aliphatic carboxylic acids is 1. The molecule has 0 atom stereocenters. The predicted molar refractivity (Wildman–Crippen MR) is 58.4 cm³/mol. The van der Waals surface area contributed by atoms with Gasteiger partial charge in [-0.05, 0) is 19.1 Å². The summed E-state index contributed by atoms with van der Waals surface area (Å²) in [5, 5.41) is 9.09. The lowest BCUT2D eigenvalue weighted by Crippen LogP contribution is -2.14. The van der Waals surface area contributed by atoms with E-state index in [0.29, 0.717) is 10.9 Å². The van der Waals surface area contributed by atoms with Gasteiger partial charge >= 0.3 is 5.97 Å². The van der Waals surface area contributed by atoms with Gasteiger partial charge in [0.1, 0.15) is 12.2 Å². The number of benzene rings is 1. The van der Waals surface area contributed by atoms with Gasteiger partial charge in [0.05, 0.1) is 10.9 Å². The van der Waals surface area contributed by atoms with Crippen LogP contribution in [0.25, 0.3) is 10.9 Å². The number of hydrogen-bond donors (Lipinski definition) is 2. The molecule has 0 bridgehead atoms. The Labute approximate surface area is 90.8 Å². The number of nitrogens with zero attached hydrogens (tertiary/aromatic N) is 1. The van der Waals surface area contributed by atoms with Crippen LogP contribution in [0.4, 0.5) is 0 Å². The molecule has 0 unspecified atom stereocenters. The molecule has 82 valence electrons. The summed E-state index contributed by atoms with van der Waals surface area (Å²) in [5.41, 5.74) is 1.18. The number of nitrogens with one attached hydrogen (secondary N) is 1. The van der Waals surface area contributed by atoms with Crippen LogP contribution in [-0.4, -0.2) is 21.0 Å². The van der Waals surface area contributed by atoms with Crippen LogP contribution in [0, 0.1) is 6.92 Å². The molecule has 2 aromatic rings. The van der Waals surface area contributed by atoms with Crippen LogP contribution in [0.3, 0.4) is 0 Å². The fourth-order valence-electron chi connectivity index (χ4n) is 1.53. The highest BCUT2D eigenvalue weighted by atomic mass is 16.4. The van der Waals surface area contributed by atoms with Gasteiger partial charge in [-0.1, -0.05) is 11.6 Å². The molecule has 5 nitrogen and oxygen atoms in total. The van der Waals surface area contributed by atoms with Crippen molar-refractivity contribution >= 4 is 16.9 Å². The van der Waals surface area contributed by atoms with E-state index in [1.165, 1.54) is 0 Å². The van der Waals surface area contributed by atoms with Gasteiger partial charge < -0.3 is 10.1 Å². The van der Waals surface area contributed by atoms with E-state index >= 15 is 0 Å². The molecule has 2 rings (SSSR count). The minimum absolute atomic E-state index is 0.175. The Kier molecular flexibility index (Phi) is 2.44. The summed E-state index contributed by atoms with van der Waals surface area (Å²) in [6.07, 6.45) is -0.279. The largest absolute Gasteiger partial charge is 0.481 e. The van der Waals surface area contributed by atoms with Gasteiger partial charge in [0, 0.05) is 0 Å². The lowest BCUT2D eigenvalue weighted by atomic mass is 10.1. The molecule has 0 aliphatic rings. The average molecular weight is 218 g/mol. The Hall–Kier alpha value is -2.17. The van der Waals surface area contributed by atoms with Crippen molar-refractivity contribution in [3.63, 3.8) is 0 Å². The molecule has 1 aromatic carbocycles. The van der Waals surface area contributed by atoms with E-state index in [9.17, 15) is 9.59 Å². The zero-order valence-electron chi connectivity index (χ0n) is 8.65. The lowest BCUT2D eigenvalue weighted by molar-refractivity contribution is -0.136. The topological polar surface area (TPSA) is 83.0 Å². The molecule has 2 N–H and O–H groups in total. The Balaban J connectivity index is 2.64. The highest BCUT2D eigenvalue weighted by molar-refractivity contribution is 5.78. The molecule has 0 radical (unpaired) electrons. The van der Waals surface area contributed by atoms with Crippen LogP contribution in [0.1, 0.15) is 11.4 Å². The van der Waals surface area contributed by atoms with Gasteiger partial charge in [0.15, 0.2) is 0 Å². The first-order valence-electron chi connectivity index (χ1n) is 4.77. The molecule has 16 heavy (non-hydrogen) atoms. The van der Waals surface area contributed by atoms with Crippen molar-refractivity contribution < 1.29 is 9.90 Å². The molecular formula is C11H10N2O3. The standard InChI is InChI=1S/C11H10N2O3/c1-6-2-3-8-7(4-6)11(16)13-9(12-8)5-10(14)15/h2-4H,5H2,1H3,(H,14,15)(H,12,13,16). The summed E-state index contributed by atoms with van der Waals surface area (Å²) >= 11 is 0. The van der Waals surface area contributed by atoms with Gasteiger partial charge in [-0.3, -0.25) is 9.59 Å². The van der Waals surface area contributed by atoms with E-state index < -0.39 is 5.97 Å². The first-order valence-corrected chi connectivity index (χ1v) is 4.77. The van der Waals surface area contributed by atoms with Gasteiger partial charge in [-0.2, -0.15) is 0 Å². The van der Waals surface area contributed by atoms with Crippen LogP contribution in [-0.2, 0) is 11.2 Å². The quantitative estimate of drug-likeness (QED) is 0.783. The molecule has 0 saturated heterocycles. The normalized spacial score (nSPS) is 10.6. The minimum atomic E-state index is -1.02. The number of aromatic nitrogens is 2. The summed E-state index contributed by atoms with van der Waals surface area (Å²) in [6, 6.07) is 5.27. The van der Waals surface area contributed by atoms with E-state index in [0.717, 1.165) is 5.56 Å². The molecule has 1 heterocycles. The molecule has 1 aromatic heterocycles. The predicted octanol–water partition coefficient (Wildman–Crippen LogP) is 0.859. The van der Waals surface area contributed by atoms with Crippen molar-refractivity contribution in [3.8, 4) is 0 Å². The van der Waals surface area contributed by atoms with E-state index in [1.807, 2.05) is 13.0 Å². The molecule has 0 aliphatic carbocycles. The highest BCUT2D eigenvalue weighted by Crippen LogP contribution is 2.09. The maximum atomic E-state index is 11.6. The third-order valence-electron chi connectivity index (χ3n) is 2.23. The first-order chi connectivity index (χ1) is 7.56. The zero-order valence-corrected chi connectivity index (χ0v) is 8.65. The molecule has 0 spiro atoms. The van der Waals surface area contributed by atoms with Crippen molar-refractivity contribution in [2.24, 2.45) is 0 Å². The number of H-pyrrole nitrogens is 1. The summed E-state index contributed by atoms with van der Waals surface area (Å²) in [5.74, 6) is -0.844. The molecule has 0 aliphatic heterocycles. The summed E-state index contributed by atoms with van der Waals surface area (Å²) in [4.78, 5) is 28.7. The SMILES string of the molecule is Cc1ccc2nc(CC(=O)O)[nH]c(=O)c2c1. The number of carboxylic acids is 1. The molecule has 0 saturated carbocycles. The van der Waals surface area contributed by atoms with Crippen molar-refractivity contribution in [2.75, 3.05) is 0 Å². The second-order valence-electron chi connectivity index (χ2n) is 3.60. The fourth-order valence-corrected chi connectivity index (χ4v) is 1.53. The number of hydrogen-bond acceptors (Lipinski definition) is 3. The van der Waals surface area contributed by atoms with Crippen molar-refractivity contribution in [1.82, 2.24) is 9.97 Å². The minimum Gasteiger partial charge on any atom is -0.481 e. The fraction of sp³-hybridized carbons (Fsp3) is 0.182. The summed E-state index contributed by atoms with van der Waals surface area (Å²) in [6.45, 7) is 1.88. The van der Waals surface area contributed by atoms with Crippen LogP contribution in [0.15, 0.2) is 23.0 Å². The number of carbonyl (C=O) groups is 1. The second-order valence-corrected chi connectivity index (χ2v) is 3.60. The van der Waals surface area contributed by atoms with E-state index in [4.69, 9.17) is 5.11 Å². The third kappa shape index (κ3) is 1.93. The summed E-state index contributed by atoms with van der Waals surface area (Å²) in [7, 11) is 0.